The van der Waals surface area contributed by atoms with E-state index < -0.39 is 0 Å². The van der Waals surface area contributed by atoms with Crippen molar-refractivity contribution in [3.05, 3.63) is 0 Å². The highest BCUT2D eigenvalue weighted by atomic mass is 16.5. The molecule has 0 aliphatic rings. The molecule has 0 aliphatic carbocycles. The fourth-order valence-electron chi connectivity index (χ4n) is 1.57. The van der Waals surface area contributed by atoms with Crippen molar-refractivity contribution >= 4 is 0 Å². The SMILES string of the molecule is CCC(CC)C(N)CC(C)OC. The molecule has 0 aromatic heterocycles. The van der Waals surface area contributed by atoms with Gasteiger partial charge in [0.15, 0.2) is 0 Å². The second-order valence-corrected chi connectivity index (χ2v) is 3.52. The number of rotatable bonds is 6. The van der Waals surface area contributed by atoms with Gasteiger partial charge in [-0.15, -0.1) is 0 Å². The Balaban J connectivity index is 3.75. The molecule has 0 fully saturated rings. The predicted molar refractivity (Wildman–Crippen MR) is 53.1 cm³/mol. The molecule has 0 saturated heterocycles. The first-order chi connectivity index (χ1) is 5.65. The second-order valence-electron chi connectivity index (χ2n) is 3.52. The molecule has 74 valence electrons. The van der Waals surface area contributed by atoms with Gasteiger partial charge in [-0.25, -0.2) is 0 Å². The predicted octanol–water partition coefficient (Wildman–Crippen LogP) is 2.17. The molecule has 0 heterocycles. The van der Waals surface area contributed by atoms with E-state index >= 15 is 0 Å². The number of ether oxygens (including phenoxy) is 1. The van der Waals surface area contributed by atoms with E-state index in [1.54, 1.807) is 7.11 Å². The molecule has 2 N–H and O–H groups in total. The third-order valence-electron chi connectivity index (χ3n) is 2.66. The van der Waals surface area contributed by atoms with Crippen molar-refractivity contribution < 1.29 is 4.74 Å². The Hall–Kier alpha value is -0.0800. The summed E-state index contributed by atoms with van der Waals surface area (Å²) < 4.78 is 5.18. The number of hydrogen-bond donors (Lipinski definition) is 1. The summed E-state index contributed by atoms with van der Waals surface area (Å²) in [4.78, 5) is 0. The lowest BCUT2D eigenvalue weighted by Gasteiger charge is -2.23. The highest BCUT2D eigenvalue weighted by Crippen LogP contribution is 2.15. The summed E-state index contributed by atoms with van der Waals surface area (Å²) in [5.41, 5.74) is 6.04. The van der Waals surface area contributed by atoms with Gasteiger partial charge in [0.2, 0.25) is 0 Å². The lowest BCUT2D eigenvalue weighted by Crippen LogP contribution is -2.33. The maximum absolute atomic E-state index is 6.04. The van der Waals surface area contributed by atoms with Crippen LogP contribution in [0.1, 0.15) is 40.0 Å². The van der Waals surface area contributed by atoms with Crippen LogP contribution < -0.4 is 5.73 Å². The van der Waals surface area contributed by atoms with E-state index in [-0.39, 0.29) is 0 Å². The Morgan fingerprint density at radius 1 is 1.25 bits per heavy atom. The van der Waals surface area contributed by atoms with Gasteiger partial charge >= 0.3 is 0 Å². The van der Waals surface area contributed by atoms with Gasteiger partial charge in [-0.05, 0) is 19.3 Å². The van der Waals surface area contributed by atoms with Crippen LogP contribution in [0.4, 0.5) is 0 Å². The Kier molecular flexibility index (Phi) is 6.39. The molecular weight excluding hydrogens is 150 g/mol. The quantitative estimate of drug-likeness (QED) is 0.668. The van der Waals surface area contributed by atoms with Crippen molar-refractivity contribution in [1.82, 2.24) is 0 Å². The zero-order valence-corrected chi connectivity index (χ0v) is 8.84. The normalized spacial score (nSPS) is 16.5. The third kappa shape index (κ3) is 4.07. The van der Waals surface area contributed by atoms with E-state index in [0.717, 1.165) is 6.42 Å². The van der Waals surface area contributed by atoms with E-state index in [9.17, 15) is 0 Å². The maximum atomic E-state index is 6.04. The Labute approximate surface area is 76.5 Å². The molecule has 0 saturated carbocycles. The molecule has 0 rings (SSSR count). The van der Waals surface area contributed by atoms with Crippen molar-refractivity contribution in [1.29, 1.82) is 0 Å². The number of hydrogen-bond acceptors (Lipinski definition) is 2. The van der Waals surface area contributed by atoms with Crippen molar-refractivity contribution in [3.63, 3.8) is 0 Å². The van der Waals surface area contributed by atoms with Crippen LogP contribution in [0.3, 0.4) is 0 Å². The summed E-state index contributed by atoms with van der Waals surface area (Å²) >= 11 is 0. The van der Waals surface area contributed by atoms with Gasteiger partial charge in [-0.2, -0.15) is 0 Å². The smallest absolute Gasteiger partial charge is 0.0558 e. The standard InChI is InChI=1S/C10H23NO/c1-5-9(6-2)10(11)7-8(3)12-4/h8-10H,5-7,11H2,1-4H3. The van der Waals surface area contributed by atoms with Crippen molar-refractivity contribution in [3.8, 4) is 0 Å². The summed E-state index contributed by atoms with van der Waals surface area (Å²) in [6, 6.07) is 0.301. The van der Waals surface area contributed by atoms with Crippen LogP contribution in [0.25, 0.3) is 0 Å². The average Bonchev–Trinajstić information content (AvgIpc) is 2.06. The summed E-state index contributed by atoms with van der Waals surface area (Å²) in [5.74, 6) is 0.655. The first kappa shape index (κ1) is 11.9. The van der Waals surface area contributed by atoms with E-state index in [1.807, 2.05) is 0 Å². The maximum Gasteiger partial charge on any atom is 0.0558 e. The number of methoxy groups -OCH3 is 1. The van der Waals surface area contributed by atoms with Gasteiger partial charge in [0.25, 0.3) is 0 Å². The topological polar surface area (TPSA) is 35.2 Å². The molecule has 0 spiro atoms. The van der Waals surface area contributed by atoms with E-state index in [4.69, 9.17) is 10.5 Å². The minimum atomic E-state index is 0.292. The van der Waals surface area contributed by atoms with Crippen LogP contribution in [-0.2, 0) is 4.74 Å². The van der Waals surface area contributed by atoms with Crippen LogP contribution in [0.15, 0.2) is 0 Å². The molecule has 2 nitrogen and oxygen atoms in total. The fourth-order valence-corrected chi connectivity index (χ4v) is 1.57. The first-order valence-corrected chi connectivity index (χ1v) is 4.94. The van der Waals surface area contributed by atoms with Crippen molar-refractivity contribution in [2.24, 2.45) is 11.7 Å². The monoisotopic (exact) mass is 173 g/mol. The minimum Gasteiger partial charge on any atom is -0.382 e. The van der Waals surface area contributed by atoms with E-state index in [1.165, 1.54) is 12.8 Å². The van der Waals surface area contributed by atoms with E-state index in [2.05, 4.69) is 20.8 Å². The van der Waals surface area contributed by atoms with Crippen LogP contribution in [0, 0.1) is 5.92 Å². The van der Waals surface area contributed by atoms with E-state index in [0.29, 0.717) is 18.1 Å². The molecule has 2 atom stereocenters. The number of nitrogens with two attached hydrogens (primary N) is 1. The largest absolute Gasteiger partial charge is 0.382 e. The summed E-state index contributed by atoms with van der Waals surface area (Å²) in [7, 11) is 1.74. The lowest BCUT2D eigenvalue weighted by atomic mass is 9.91. The van der Waals surface area contributed by atoms with Gasteiger partial charge in [0, 0.05) is 13.2 Å². The summed E-state index contributed by atoms with van der Waals surface area (Å²) in [6.07, 6.45) is 3.62. The van der Waals surface area contributed by atoms with Gasteiger partial charge in [0.1, 0.15) is 0 Å². The van der Waals surface area contributed by atoms with Gasteiger partial charge in [-0.1, -0.05) is 26.7 Å². The van der Waals surface area contributed by atoms with Crippen LogP contribution in [0.2, 0.25) is 0 Å². The van der Waals surface area contributed by atoms with Gasteiger partial charge in [-0.3, -0.25) is 0 Å². The Morgan fingerprint density at radius 3 is 2.08 bits per heavy atom. The molecular formula is C10H23NO. The molecule has 2 heteroatoms. The Bertz CT molecular complexity index is 102. The van der Waals surface area contributed by atoms with Gasteiger partial charge in [0.05, 0.1) is 6.10 Å². The summed E-state index contributed by atoms with van der Waals surface area (Å²) in [5, 5.41) is 0. The first-order valence-electron chi connectivity index (χ1n) is 4.94. The van der Waals surface area contributed by atoms with Crippen LogP contribution in [0.5, 0.6) is 0 Å². The molecule has 0 aromatic carbocycles. The summed E-state index contributed by atoms with van der Waals surface area (Å²) in [6.45, 7) is 6.47. The Morgan fingerprint density at radius 2 is 1.75 bits per heavy atom. The molecule has 0 bridgehead atoms. The third-order valence-corrected chi connectivity index (χ3v) is 2.66. The molecule has 0 radical (unpaired) electrons. The highest BCUT2D eigenvalue weighted by Gasteiger charge is 2.16. The van der Waals surface area contributed by atoms with Crippen LogP contribution in [-0.4, -0.2) is 19.3 Å². The molecule has 12 heavy (non-hydrogen) atoms. The minimum absolute atomic E-state index is 0.292. The van der Waals surface area contributed by atoms with Crippen LogP contribution >= 0.6 is 0 Å². The molecule has 0 aromatic rings. The second kappa shape index (κ2) is 6.44. The highest BCUT2D eigenvalue weighted by molar-refractivity contribution is 4.73. The zero-order chi connectivity index (χ0) is 9.56. The lowest BCUT2D eigenvalue weighted by molar-refractivity contribution is 0.0970. The van der Waals surface area contributed by atoms with Crippen molar-refractivity contribution in [2.45, 2.75) is 52.2 Å². The zero-order valence-electron chi connectivity index (χ0n) is 8.84. The fraction of sp³-hybridized carbons (Fsp3) is 1.00. The molecule has 0 aliphatic heterocycles. The van der Waals surface area contributed by atoms with Gasteiger partial charge < -0.3 is 10.5 Å². The molecule has 2 unspecified atom stereocenters. The van der Waals surface area contributed by atoms with Crippen molar-refractivity contribution in [2.75, 3.05) is 7.11 Å². The average molecular weight is 173 g/mol. The molecule has 0 amide bonds.